The van der Waals surface area contributed by atoms with Gasteiger partial charge in [0, 0.05) is 12.1 Å². The fraction of sp³-hybridized carbons (Fsp3) is 0.600. The van der Waals surface area contributed by atoms with E-state index in [-0.39, 0.29) is 12.1 Å². The van der Waals surface area contributed by atoms with Gasteiger partial charge >= 0.3 is 0 Å². The lowest BCUT2D eigenvalue weighted by Crippen LogP contribution is -2.49. The Morgan fingerprint density at radius 3 is 2.65 bits per heavy atom. The number of hydrogen-bond donors (Lipinski definition) is 2. The zero-order valence-electron chi connectivity index (χ0n) is 9.23. The van der Waals surface area contributed by atoms with Crippen LogP contribution in [0.2, 0.25) is 0 Å². The van der Waals surface area contributed by atoms with Gasteiger partial charge in [-0.3, -0.25) is 0 Å². The summed E-state index contributed by atoms with van der Waals surface area (Å²) in [7, 11) is -3.41. The molecule has 96 valence electrons. The zero-order chi connectivity index (χ0) is 12.5. The van der Waals surface area contributed by atoms with Gasteiger partial charge in [0.05, 0.1) is 3.79 Å². The molecule has 0 spiro atoms. The molecule has 1 saturated carbocycles. The minimum absolute atomic E-state index is 0.0677. The summed E-state index contributed by atoms with van der Waals surface area (Å²) in [5.41, 5.74) is 5.94. The third-order valence-corrected chi connectivity index (χ3v) is 6.54. The van der Waals surface area contributed by atoms with Crippen molar-refractivity contribution in [3.63, 3.8) is 0 Å². The fourth-order valence-corrected chi connectivity index (χ4v) is 5.35. The summed E-state index contributed by atoms with van der Waals surface area (Å²) in [5.74, 6) is 0. The van der Waals surface area contributed by atoms with E-state index in [1.807, 2.05) is 0 Å². The van der Waals surface area contributed by atoms with E-state index in [4.69, 9.17) is 5.73 Å². The van der Waals surface area contributed by atoms with E-state index in [9.17, 15) is 8.42 Å². The Morgan fingerprint density at radius 2 is 2.06 bits per heavy atom. The molecule has 0 aromatic carbocycles. The zero-order valence-corrected chi connectivity index (χ0v) is 12.4. The van der Waals surface area contributed by atoms with Crippen LogP contribution >= 0.6 is 27.3 Å². The molecule has 4 nitrogen and oxygen atoms in total. The minimum atomic E-state index is -3.41. The first-order valence-corrected chi connectivity index (χ1v) is 8.61. The van der Waals surface area contributed by atoms with Crippen LogP contribution in [0.25, 0.3) is 0 Å². The number of rotatable bonds is 3. The Bertz CT molecular complexity index is 486. The summed E-state index contributed by atoms with van der Waals surface area (Å²) in [5, 5.41) is 0. The van der Waals surface area contributed by atoms with Crippen molar-refractivity contribution >= 4 is 37.3 Å². The first-order chi connectivity index (χ1) is 7.99. The van der Waals surface area contributed by atoms with Crippen LogP contribution < -0.4 is 10.5 Å². The molecule has 7 heteroatoms. The normalized spacial score (nSPS) is 26.0. The molecule has 0 aliphatic heterocycles. The molecule has 17 heavy (non-hydrogen) atoms. The molecule has 0 saturated heterocycles. The van der Waals surface area contributed by atoms with Crippen LogP contribution in [0.15, 0.2) is 20.1 Å². The van der Waals surface area contributed by atoms with Gasteiger partial charge in [-0.2, -0.15) is 0 Å². The molecule has 1 heterocycles. The maximum Gasteiger partial charge on any atom is 0.250 e. The van der Waals surface area contributed by atoms with E-state index in [2.05, 4.69) is 20.7 Å². The van der Waals surface area contributed by atoms with Gasteiger partial charge in [-0.25, -0.2) is 13.1 Å². The maximum absolute atomic E-state index is 12.1. The third-order valence-electron chi connectivity index (χ3n) is 2.94. The van der Waals surface area contributed by atoms with Crippen molar-refractivity contribution < 1.29 is 8.42 Å². The van der Waals surface area contributed by atoms with Gasteiger partial charge < -0.3 is 5.73 Å². The van der Waals surface area contributed by atoms with E-state index in [0.29, 0.717) is 4.21 Å². The second-order valence-corrected chi connectivity index (χ2v) is 8.64. The standard InChI is InChI=1S/C10H15BrN2O2S2/c11-9-5-6-10(16-9)17(14,15)13-8-4-2-1-3-7(8)12/h5-8,13H,1-4,12H2/t7-,8-/m0/s1. The number of hydrogen-bond acceptors (Lipinski definition) is 4. The smallest absolute Gasteiger partial charge is 0.250 e. The summed E-state index contributed by atoms with van der Waals surface area (Å²) in [6.45, 7) is 0. The first kappa shape index (κ1) is 13.5. The van der Waals surface area contributed by atoms with Gasteiger partial charge in [-0.05, 0) is 40.9 Å². The number of nitrogens with one attached hydrogen (secondary N) is 1. The molecule has 0 bridgehead atoms. The lowest BCUT2D eigenvalue weighted by molar-refractivity contribution is 0.361. The summed E-state index contributed by atoms with van der Waals surface area (Å²) in [4.78, 5) is 0. The second-order valence-electron chi connectivity index (χ2n) is 4.23. The van der Waals surface area contributed by atoms with E-state index in [0.717, 1.165) is 29.5 Å². The molecular weight excluding hydrogens is 324 g/mol. The van der Waals surface area contributed by atoms with Gasteiger partial charge in [0.1, 0.15) is 4.21 Å². The van der Waals surface area contributed by atoms with Crippen molar-refractivity contribution in [2.75, 3.05) is 0 Å². The second kappa shape index (κ2) is 5.36. The quantitative estimate of drug-likeness (QED) is 0.885. The van der Waals surface area contributed by atoms with Crippen LogP contribution in [-0.2, 0) is 10.0 Å². The van der Waals surface area contributed by atoms with Gasteiger partial charge in [0.15, 0.2) is 0 Å². The molecule has 1 aromatic rings. The number of sulfonamides is 1. The lowest BCUT2D eigenvalue weighted by atomic mass is 9.92. The van der Waals surface area contributed by atoms with Crippen molar-refractivity contribution in [1.29, 1.82) is 0 Å². The van der Waals surface area contributed by atoms with Crippen molar-refractivity contribution in [3.8, 4) is 0 Å². The molecule has 1 fully saturated rings. The maximum atomic E-state index is 12.1. The van der Waals surface area contributed by atoms with Crippen LogP contribution in [0.5, 0.6) is 0 Å². The van der Waals surface area contributed by atoms with Crippen LogP contribution in [0.4, 0.5) is 0 Å². The highest BCUT2D eigenvalue weighted by molar-refractivity contribution is 9.11. The molecule has 1 aromatic heterocycles. The molecule has 2 atom stereocenters. The average Bonchev–Trinajstić information content (AvgIpc) is 2.69. The largest absolute Gasteiger partial charge is 0.326 e. The fourth-order valence-electron chi connectivity index (χ4n) is 2.01. The molecule has 1 aliphatic carbocycles. The van der Waals surface area contributed by atoms with Crippen LogP contribution in [0, 0.1) is 0 Å². The highest BCUT2D eigenvalue weighted by Crippen LogP contribution is 2.27. The van der Waals surface area contributed by atoms with E-state index < -0.39 is 10.0 Å². The van der Waals surface area contributed by atoms with Gasteiger partial charge in [0.25, 0.3) is 0 Å². The predicted octanol–water partition coefficient (Wildman–Crippen LogP) is 2.06. The van der Waals surface area contributed by atoms with Crippen molar-refractivity contribution in [3.05, 3.63) is 15.9 Å². The number of thiophene rings is 1. The Morgan fingerprint density at radius 1 is 1.35 bits per heavy atom. The SMILES string of the molecule is N[C@H]1CCCC[C@@H]1NS(=O)(=O)c1ccc(Br)s1. The van der Waals surface area contributed by atoms with Crippen molar-refractivity contribution in [2.24, 2.45) is 5.73 Å². The van der Waals surface area contributed by atoms with Gasteiger partial charge in [0.2, 0.25) is 10.0 Å². The van der Waals surface area contributed by atoms with Crippen LogP contribution in [-0.4, -0.2) is 20.5 Å². The van der Waals surface area contributed by atoms with Gasteiger partial charge in [-0.1, -0.05) is 12.8 Å². The molecule has 0 amide bonds. The monoisotopic (exact) mass is 338 g/mol. The first-order valence-electron chi connectivity index (χ1n) is 5.52. The van der Waals surface area contributed by atoms with Crippen LogP contribution in [0.1, 0.15) is 25.7 Å². The highest BCUT2D eigenvalue weighted by Gasteiger charge is 2.27. The molecule has 0 radical (unpaired) electrons. The Balaban J connectivity index is 2.11. The topological polar surface area (TPSA) is 72.2 Å². The van der Waals surface area contributed by atoms with Crippen LogP contribution in [0.3, 0.4) is 0 Å². The highest BCUT2D eigenvalue weighted by atomic mass is 79.9. The Kier molecular flexibility index (Phi) is 4.25. The van der Waals surface area contributed by atoms with Crippen molar-refractivity contribution in [2.45, 2.75) is 42.0 Å². The molecule has 1 aliphatic rings. The van der Waals surface area contributed by atoms with E-state index in [1.54, 1.807) is 12.1 Å². The summed E-state index contributed by atoms with van der Waals surface area (Å²) >= 11 is 4.47. The Hall–Kier alpha value is 0.0500. The third kappa shape index (κ3) is 3.29. The minimum Gasteiger partial charge on any atom is -0.326 e. The Labute approximate surface area is 114 Å². The van der Waals surface area contributed by atoms with E-state index in [1.165, 1.54) is 11.3 Å². The number of nitrogens with two attached hydrogens (primary N) is 1. The number of halogens is 1. The molecule has 0 unspecified atom stereocenters. The van der Waals surface area contributed by atoms with Crippen molar-refractivity contribution in [1.82, 2.24) is 4.72 Å². The molecule has 2 rings (SSSR count). The molecule has 3 N–H and O–H groups in total. The summed E-state index contributed by atoms with van der Waals surface area (Å²) < 4.78 is 28.0. The average molecular weight is 339 g/mol. The summed E-state index contributed by atoms with van der Waals surface area (Å²) in [6, 6.07) is 3.14. The lowest BCUT2D eigenvalue weighted by Gasteiger charge is -2.28. The predicted molar refractivity (Wildman–Crippen MR) is 72.6 cm³/mol. The van der Waals surface area contributed by atoms with E-state index >= 15 is 0 Å². The van der Waals surface area contributed by atoms with Gasteiger partial charge in [-0.15, -0.1) is 11.3 Å². The molecular formula is C10H15BrN2O2S2. The summed E-state index contributed by atoms with van der Waals surface area (Å²) in [6.07, 6.45) is 3.84.